The van der Waals surface area contributed by atoms with E-state index >= 15 is 0 Å². The second-order valence-corrected chi connectivity index (χ2v) is 6.91. The van der Waals surface area contributed by atoms with Gasteiger partial charge in [0.25, 0.3) is 5.91 Å². The van der Waals surface area contributed by atoms with Crippen LogP contribution in [0.5, 0.6) is 0 Å². The van der Waals surface area contributed by atoms with Crippen molar-refractivity contribution in [3.05, 3.63) is 33.6 Å². The van der Waals surface area contributed by atoms with Gasteiger partial charge < -0.3 is 14.9 Å². The number of nitrogens with zero attached hydrogens (tertiary/aromatic N) is 3. The first-order valence-corrected chi connectivity index (χ1v) is 8.45. The third kappa shape index (κ3) is 3.95. The molecule has 7 nitrogen and oxygen atoms in total. The van der Waals surface area contributed by atoms with E-state index < -0.39 is 6.10 Å². The highest BCUT2D eigenvalue weighted by atomic mass is 32.1. The number of carbonyl (C=O) groups is 1. The van der Waals surface area contributed by atoms with Crippen LogP contribution in [0.25, 0.3) is 0 Å². The van der Waals surface area contributed by atoms with Crippen molar-refractivity contribution in [2.45, 2.75) is 39.0 Å². The Morgan fingerprint density at radius 2 is 2.39 bits per heavy atom. The van der Waals surface area contributed by atoms with Crippen LogP contribution in [0.2, 0.25) is 0 Å². The highest BCUT2D eigenvalue weighted by Crippen LogP contribution is 2.16. The van der Waals surface area contributed by atoms with Crippen molar-refractivity contribution < 1.29 is 14.4 Å². The third-order valence-electron chi connectivity index (χ3n) is 3.90. The van der Waals surface area contributed by atoms with Crippen LogP contribution in [0.4, 0.5) is 0 Å². The number of likely N-dealkylation sites (tertiary alicyclic amines) is 1. The predicted octanol–water partition coefficient (Wildman–Crippen LogP) is 1.11. The zero-order chi connectivity index (χ0) is 16.4. The summed E-state index contributed by atoms with van der Waals surface area (Å²) in [7, 11) is 0. The molecule has 1 aliphatic rings. The average molecular weight is 336 g/mol. The highest BCUT2D eigenvalue weighted by molar-refractivity contribution is 7.09. The van der Waals surface area contributed by atoms with E-state index in [1.165, 1.54) is 0 Å². The Morgan fingerprint density at radius 3 is 3.00 bits per heavy atom. The minimum atomic E-state index is -0.611. The van der Waals surface area contributed by atoms with Gasteiger partial charge in [-0.1, -0.05) is 5.16 Å². The number of β-amino-alcohol motifs (C(OH)–C–C–N with tert-alkyl or cyclic N) is 1. The first-order valence-electron chi connectivity index (χ1n) is 7.57. The largest absolute Gasteiger partial charge is 0.390 e. The van der Waals surface area contributed by atoms with E-state index in [1.54, 1.807) is 24.3 Å². The summed E-state index contributed by atoms with van der Waals surface area (Å²) in [5, 5.41) is 19.9. The Morgan fingerprint density at radius 1 is 1.57 bits per heavy atom. The highest BCUT2D eigenvalue weighted by Gasteiger charge is 2.29. The van der Waals surface area contributed by atoms with Gasteiger partial charge >= 0.3 is 0 Å². The van der Waals surface area contributed by atoms with Crippen molar-refractivity contribution in [2.24, 2.45) is 0 Å². The monoisotopic (exact) mass is 336 g/mol. The number of aromatic nitrogens is 2. The van der Waals surface area contributed by atoms with Crippen molar-refractivity contribution in [1.29, 1.82) is 0 Å². The zero-order valence-electron chi connectivity index (χ0n) is 13.2. The number of nitrogens with one attached hydrogen (secondary N) is 1. The van der Waals surface area contributed by atoms with Crippen LogP contribution in [-0.2, 0) is 6.54 Å². The number of thiazole rings is 1. The Balaban J connectivity index is 1.53. The summed E-state index contributed by atoms with van der Waals surface area (Å²) < 4.78 is 4.90. The molecule has 3 heterocycles. The van der Waals surface area contributed by atoms with Crippen LogP contribution < -0.4 is 5.32 Å². The maximum absolute atomic E-state index is 12.1. The molecule has 0 aromatic carbocycles. The molecule has 3 rings (SSSR count). The van der Waals surface area contributed by atoms with E-state index in [2.05, 4.69) is 20.4 Å². The van der Waals surface area contributed by atoms with Gasteiger partial charge in [0, 0.05) is 31.1 Å². The van der Waals surface area contributed by atoms with Gasteiger partial charge in [-0.25, -0.2) is 4.98 Å². The molecule has 2 aromatic heterocycles. The van der Waals surface area contributed by atoms with Gasteiger partial charge in [0.1, 0.15) is 5.76 Å². The average Bonchev–Trinajstić information content (AvgIpc) is 3.10. The van der Waals surface area contributed by atoms with Crippen molar-refractivity contribution in [2.75, 3.05) is 13.1 Å². The van der Waals surface area contributed by atoms with Gasteiger partial charge in [-0.05, 0) is 20.3 Å². The van der Waals surface area contributed by atoms with Gasteiger partial charge in [-0.3, -0.25) is 9.69 Å². The van der Waals surface area contributed by atoms with Crippen molar-refractivity contribution in [3.8, 4) is 0 Å². The van der Waals surface area contributed by atoms with Gasteiger partial charge in [0.2, 0.25) is 0 Å². The number of aliphatic hydroxyl groups is 1. The second kappa shape index (κ2) is 6.77. The van der Waals surface area contributed by atoms with E-state index in [-0.39, 0.29) is 17.6 Å². The van der Waals surface area contributed by atoms with E-state index in [4.69, 9.17) is 4.52 Å². The van der Waals surface area contributed by atoms with Crippen LogP contribution in [0.3, 0.4) is 0 Å². The number of rotatable bonds is 4. The van der Waals surface area contributed by atoms with Gasteiger partial charge in [0.15, 0.2) is 5.69 Å². The number of hydrogen-bond acceptors (Lipinski definition) is 7. The summed E-state index contributed by atoms with van der Waals surface area (Å²) in [5.41, 5.74) is 1.27. The Hall–Kier alpha value is -1.77. The van der Waals surface area contributed by atoms with Gasteiger partial charge in [-0.2, -0.15) is 0 Å². The van der Waals surface area contributed by atoms with Gasteiger partial charge in [-0.15, -0.1) is 11.3 Å². The number of piperidine rings is 1. The molecule has 1 fully saturated rings. The number of hydrogen-bond donors (Lipinski definition) is 2. The number of aryl methyl sites for hydroxylation is 2. The molecule has 1 saturated heterocycles. The molecule has 2 atom stereocenters. The van der Waals surface area contributed by atoms with E-state index in [9.17, 15) is 9.90 Å². The molecule has 1 aliphatic heterocycles. The smallest absolute Gasteiger partial charge is 0.273 e. The number of carbonyl (C=O) groups excluding carboxylic acids is 1. The van der Waals surface area contributed by atoms with Crippen molar-refractivity contribution in [3.63, 3.8) is 0 Å². The van der Waals surface area contributed by atoms with E-state index in [0.29, 0.717) is 18.7 Å². The minimum absolute atomic E-state index is 0.245. The molecule has 124 valence electrons. The van der Waals surface area contributed by atoms with Crippen LogP contribution in [0.1, 0.15) is 33.4 Å². The van der Waals surface area contributed by atoms with Crippen LogP contribution in [0, 0.1) is 13.8 Å². The maximum Gasteiger partial charge on any atom is 0.273 e. The lowest BCUT2D eigenvalue weighted by molar-refractivity contribution is 0.0344. The third-order valence-corrected chi connectivity index (χ3v) is 4.72. The molecule has 0 radical (unpaired) electrons. The standard InChI is InChI=1S/C15H20N4O3S/c1-9-5-13(18-22-9)15(21)17-12-3-4-19(7-14(12)20)6-11-8-23-10(2)16-11/h5,8,12,14,20H,3-4,6-7H2,1-2H3,(H,17,21)/t12-,14-/m1/s1. The molecule has 0 spiro atoms. The maximum atomic E-state index is 12.1. The molecule has 2 N–H and O–H groups in total. The first-order chi connectivity index (χ1) is 11.0. The molecule has 8 heteroatoms. The lowest BCUT2D eigenvalue weighted by Gasteiger charge is -2.35. The molecular weight excluding hydrogens is 316 g/mol. The zero-order valence-corrected chi connectivity index (χ0v) is 14.0. The summed E-state index contributed by atoms with van der Waals surface area (Å²) >= 11 is 1.63. The van der Waals surface area contributed by atoms with E-state index in [0.717, 1.165) is 23.8 Å². The molecule has 0 unspecified atom stereocenters. The molecule has 2 aromatic rings. The SMILES string of the molecule is Cc1cc(C(=O)N[C@@H]2CCN(Cc3csc(C)n3)C[C@H]2O)no1. The van der Waals surface area contributed by atoms with Crippen LogP contribution in [0.15, 0.2) is 16.0 Å². The molecule has 0 aliphatic carbocycles. The second-order valence-electron chi connectivity index (χ2n) is 5.85. The molecular formula is C15H20N4O3S. The van der Waals surface area contributed by atoms with Gasteiger partial charge in [0.05, 0.1) is 22.8 Å². The summed E-state index contributed by atoms with van der Waals surface area (Å²) in [6, 6.07) is 1.31. The molecule has 0 saturated carbocycles. The lowest BCUT2D eigenvalue weighted by atomic mass is 10.0. The summed E-state index contributed by atoms with van der Waals surface area (Å²) in [6.07, 6.45) is 0.0766. The Kier molecular flexibility index (Phi) is 4.74. The summed E-state index contributed by atoms with van der Waals surface area (Å²) in [4.78, 5) is 18.7. The normalized spacial score (nSPS) is 22.2. The fourth-order valence-corrected chi connectivity index (χ4v) is 3.34. The molecule has 1 amide bonds. The van der Waals surface area contributed by atoms with Crippen molar-refractivity contribution >= 4 is 17.2 Å². The predicted molar refractivity (Wildman–Crippen MR) is 85.2 cm³/mol. The molecule has 0 bridgehead atoms. The number of aliphatic hydroxyl groups excluding tert-OH is 1. The first kappa shape index (κ1) is 16.1. The minimum Gasteiger partial charge on any atom is -0.390 e. The fraction of sp³-hybridized carbons (Fsp3) is 0.533. The number of amides is 1. The van der Waals surface area contributed by atoms with Crippen LogP contribution in [-0.4, -0.2) is 51.3 Å². The summed E-state index contributed by atoms with van der Waals surface area (Å²) in [6.45, 7) is 5.76. The Labute approximate surface area is 138 Å². The quantitative estimate of drug-likeness (QED) is 0.869. The fourth-order valence-electron chi connectivity index (χ4n) is 2.73. The topological polar surface area (TPSA) is 91.5 Å². The Bertz CT molecular complexity index is 684. The van der Waals surface area contributed by atoms with Crippen molar-refractivity contribution in [1.82, 2.24) is 20.4 Å². The summed E-state index contributed by atoms with van der Waals surface area (Å²) in [5.74, 6) is 0.276. The molecule has 23 heavy (non-hydrogen) atoms. The van der Waals surface area contributed by atoms with E-state index in [1.807, 2.05) is 12.3 Å². The lowest BCUT2D eigenvalue weighted by Crippen LogP contribution is -2.53. The van der Waals surface area contributed by atoms with Crippen LogP contribution >= 0.6 is 11.3 Å².